The predicted molar refractivity (Wildman–Crippen MR) is 90.2 cm³/mol. The number of aliphatic hydroxyl groups is 1. The summed E-state index contributed by atoms with van der Waals surface area (Å²) in [5.74, 6) is 0.731. The van der Waals surface area contributed by atoms with Gasteiger partial charge in [0.25, 0.3) is 0 Å². The number of anilines is 1. The van der Waals surface area contributed by atoms with Crippen LogP contribution in [0.4, 0.5) is 5.69 Å². The molecule has 0 radical (unpaired) electrons. The van der Waals surface area contributed by atoms with Gasteiger partial charge in [0, 0.05) is 15.7 Å². The average Bonchev–Trinajstić information content (AvgIpc) is 2.50. The largest absolute Gasteiger partial charge is 0.496 e. The van der Waals surface area contributed by atoms with Gasteiger partial charge in [-0.15, -0.1) is 0 Å². The Morgan fingerprint density at radius 2 is 2.00 bits per heavy atom. The Balaban J connectivity index is 2.38. The zero-order valence-corrected chi connectivity index (χ0v) is 14.2. The van der Waals surface area contributed by atoms with Crippen LogP contribution >= 0.6 is 27.5 Å². The van der Waals surface area contributed by atoms with Gasteiger partial charge in [-0.3, -0.25) is 0 Å². The lowest BCUT2D eigenvalue weighted by Crippen LogP contribution is -2.36. The van der Waals surface area contributed by atoms with E-state index in [2.05, 4.69) is 21.2 Å². The van der Waals surface area contributed by atoms with Crippen molar-refractivity contribution >= 4 is 33.2 Å². The van der Waals surface area contributed by atoms with Crippen LogP contribution in [0.5, 0.6) is 5.75 Å². The first-order valence-corrected chi connectivity index (χ1v) is 7.65. The number of para-hydroxylation sites is 1. The second-order valence-corrected chi connectivity index (χ2v) is 6.21. The monoisotopic (exact) mass is 369 g/mol. The molecule has 0 aliphatic heterocycles. The van der Waals surface area contributed by atoms with E-state index in [4.69, 9.17) is 16.3 Å². The van der Waals surface area contributed by atoms with E-state index in [0.717, 1.165) is 21.5 Å². The maximum absolute atomic E-state index is 9.89. The molecule has 2 aromatic carbocycles. The first kappa shape index (κ1) is 16.1. The van der Waals surface area contributed by atoms with Crippen molar-refractivity contribution in [2.75, 3.05) is 19.0 Å². The molecule has 1 unspecified atom stereocenters. The highest BCUT2D eigenvalue weighted by Gasteiger charge is 2.29. The van der Waals surface area contributed by atoms with Gasteiger partial charge in [0.15, 0.2) is 0 Å². The van der Waals surface area contributed by atoms with E-state index in [1.165, 1.54) is 0 Å². The molecule has 0 heterocycles. The SMILES string of the molecule is COc1ccccc1C(C)(CO)Nc1ccc(Cl)c(Br)c1. The molecule has 0 aliphatic carbocycles. The Labute approximate surface area is 138 Å². The number of halogens is 2. The lowest BCUT2D eigenvalue weighted by Gasteiger charge is -2.32. The summed E-state index contributed by atoms with van der Waals surface area (Å²) in [6, 6.07) is 13.2. The van der Waals surface area contributed by atoms with Gasteiger partial charge in [-0.2, -0.15) is 0 Å². The number of ether oxygens (including phenoxy) is 1. The molecule has 0 saturated heterocycles. The molecule has 0 aliphatic rings. The van der Waals surface area contributed by atoms with Crippen molar-refractivity contribution in [3.05, 3.63) is 57.5 Å². The van der Waals surface area contributed by atoms with Crippen LogP contribution in [0.2, 0.25) is 5.02 Å². The summed E-state index contributed by atoms with van der Waals surface area (Å²) in [7, 11) is 1.62. The third-order valence-corrected chi connectivity index (χ3v) is 4.57. The summed E-state index contributed by atoms with van der Waals surface area (Å²) in [6.07, 6.45) is 0. The molecule has 0 fully saturated rings. The van der Waals surface area contributed by atoms with Gasteiger partial charge < -0.3 is 15.2 Å². The van der Waals surface area contributed by atoms with Gasteiger partial charge in [0.2, 0.25) is 0 Å². The van der Waals surface area contributed by atoms with E-state index in [0.29, 0.717) is 5.02 Å². The molecule has 0 saturated carbocycles. The van der Waals surface area contributed by atoms with Crippen molar-refractivity contribution in [2.45, 2.75) is 12.5 Å². The molecule has 0 bridgehead atoms. The summed E-state index contributed by atoms with van der Waals surface area (Å²) in [4.78, 5) is 0. The lowest BCUT2D eigenvalue weighted by molar-refractivity contribution is 0.220. The van der Waals surface area contributed by atoms with Crippen molar-refractivity contribution in [1.82, 2.24) is 0 Å². The predicted octanol–water partition coefficient (Wildman–Crippen LogP) is 4.43. The molecule has 0 spiro atoms. The molecule has 0 amide bonds. The normalized spacial score (nSPS) is 13.6. The maximum Gasteiger partial charge on any atom is 0.124 e. The molecule has 5 heteroatoms. The van der Waals surface area contributed by atoms with Crippen molar-refractivity contribution in [2.24, 2.45) is 0 Å². The minimum absolute atomic E-state index is 0.0758. The van der Waals surface area contributed by atoms with E-state index >= 15 is 0 Å². The number of methoxy groups -OCH3 is 1. The summed E-state index contributed by atoms with van der Waals surface area (Å²) in [5, 5.41) is 13.9. The minimum Gasteiger partial charge on any atom is -0.496 e. The molecule has 2 rings (SSSR count). The Bertz CT molecular complexity index is 635. The summed E-state index contributed by atoms with van der Waals surface area (Å²) < 4.78 is 6.19. The van der Waals surface area contributed by atoms with Crippen molar-refractivity contribution in [1.29, 1.82) is 0 Å². The van der Waals surface area contributed by atoms with Crippen LogP contribution in [-0.2, 0) is 5.54 Å². The molecular weight excluding hydrogens is 354 g/mol. The number of hydrogen-bond acceptors (Lipinski definition) is 3. The molecule has 112 valence electrons. The number of nitrogens with one attached hydrogen (secondary N) is 1. The number of rotatable bonds is 5. The Morgan fingerprint density at radius 3 is 2.62 bits per heavy atom. The van der Waals surface area contributed by atoms with Crippen molar-refractivity contribution in [3.8, 4) is 5.75 Å². The standard InChI is InChI=1S/C16H17BrClNO2/c1-16(10-20,12-5-3-4-6-15(12)21-2)19-11-7-8-14(18)13(17)9-11/h3-9,19-20H,10H2,1-2H3. The molecule has 1 atom stereocenters. The van der Waals surface area contributed by atoms with Gasteiger partial charge in [0.05, 0.1) is 24.3 Å². The van der Waals surface area contributed by atoms with E-state index in [1.54, 1.807) is 13.2 Å². The van der Waals surface area contributed by atoms with Crippen LogP contribution in [0.25, 0.3) is 0 Å². The second-order valence-electron chi connectivity index (χ2n) is 4.94. The zero-order chi connectivity index (χ0) is 15.5. The number of aliphatic hydroxyl groups excluding tert-OH is 1. The van der Waals surface area contributed by atoms with Crippen LogP contribution < -0.4 is 10.1 Å². The third kappa shape index (κ3) is 3.51. The number of hydrogen-bond donors (Lipinski definition) is 2. The average molecular weight is 371 g/mol. The molecule has 2 aromatic rings. The van der Waals surface area contributed by atoms with E-state index in [-0.39, 0.29) is 6.61 Å². The van der Waals surface area contributed by atoms with Gasteiger partial charge in [-0.05, 0) is 47.1 Å². The molecule has 2 N–H and O–H groups in total. The van der Waals surface area contributed by atoms with Crippen molar-refractivity contribution < 1.29 is 9.84 Å². The minimum atomic E-state index is -0.667. The molecule has 0 aromatic heterocycles. The first-order chi connectivity index (χ1) is 10.00. The van der Waals surface area contributed by atoms with Crippen LogP contribution in [0.15, 0.2) is 46.9 Å². The highest BCUT2D eigenvalue weighted by atomic mass is 79.9. The molecule has 21 heavy (non-hydrogen) atoms. The van der Waals surface area contributed by atoms with Crippen LogP contribution in [-0.4, -0.2) is 18.8 Å². The topological polar surface area (TPSA) is 41.5 Å². The highest BCUT2D eigenvalue weighted by molar-refractivity contribution is 9.10. The van der Waals surface area contributed by atoms with E-state index < -0.39 is 5.54 Å². The molecular formula is C16H17BrClNO2. The summed E-state index contributed by atoms with van der Waals surface area (Å²) >= 11 is 9.41. The number of benzene rings is 2. The van der Waals surface area contributed by atoms with Gasteiger partial charge >= 0.3 is 0 Å². The van der Waals surface area contributed by atoms with Gasteiger partial charge in [0.1, 0.15) is 5.75 Å². The third-order valence-electron chi connectivity index (χ3n) is 3.36. The zero-order valence-electron chi connectivity index (χ0n) is 11.9. The quantitative estimate of drug-likeness (QED) is 0.818. The maximum atomic E-state index is 9.89. The fourth-order valence-corrected chi connectivity index (χ4v) is 2.68. The Kier molecular flexibility index (Phi) is 5.14. The van der Waals surface area contributed by atoms with E-state index in [1.807, 2.05) is 43.3 Å². The first-order valence-electron chi connectivity index (χ1n) is 6.48. The Hall–Kier alpha value is -1.23. The fourth-order valence-electron chi connectivity index (χ4n) is 2.18. The second kappa shape index (κ2) is 6.69. The van der Waals surface area contributed by atoms with Crippen molar-refractivity contribution in [3.63, 3.8) is 0 Å². The lowest BCUT2D eigenvalue weighted by atomic mass is 9.91. The summed E-state index contributed by atoms with van der Waals surface area (Å²) in [6.45, 7) is 1.85. The van der Waals surface area contributed by atoms with Crippen LogP contribution in [0.1, 0.15) is 12.5 Å². The van der Waals surface area contributed by atoms with E-state index in [9.17, 15) is 5.11 Å². The van der Waals surface area contributed by atoms with Gasteiger partial charge in [-0.25, -0.2) is 0 Å². The summed E-state index contributed by atoms with van der Waals surface area (Å²) in [5.41, 5.74) is 1.08. The molecule has 3 nitrogen and oxygen atoms in total. The van der Waals surface area contributed by atoms with Gasteiger partial charge in [-0.1, -0.05) is 29.8 Å². The van der Waals surface area contributed by atoms with Crippen LogP contribution in [0.3, 0.4) is 0 Å². The smallest absolute Gasteiger partial charge is 0.124 e. The highest BCUT2D eigenvalue weighted by Crippen LogP contribution is 2.34. The fraction of sp³-hybridized carbons (Fsp3) is 0.250. The Morgan fingerprint density at radius 1 is 1.29 bits per heavy atom. The van der Waals surface area contributed by atoms with Crippen LogP contribution in [0, 0.1) is 0 Å².